The second-order valence-electron chi connectivity index (χ2n) is 5.52. The highest BCUT2D eigenvalue weighted by Gasteiger charge is 2.26. The number of amidine groups is 1. The number of rotatable bonds is 3. The first-order valence-electron chi connectivity index (χ1n) is 6.87. The minimum atomic E-state index is -0.348. The Bertz CT molecular complexity index is 472. The number of halogens is 1. The minimum Gasteiger partial charge on any atom is -0.384 e. The highest BCUT2D eigenvalue weighted by molar-refractivity contribution is 6.00. The van der Waals surface area contributed by atoms with Gasteiger partial charge in [-0.2, -0.15) is 0 Å². The van der Waals surface area contributed by atoms with Crippen molar-refractivity contribution in [3.63, 3.8) is 0 Å². The Morgan fingerprint density at radius 2 is 2.05 bits per heavy atom. The Morgan fingerprint density at radius 1 is 1.37 bits per heavy atom. The summed E-state index contributed by atoms with van der Waals surface area (Å²) in [6.07, 6.45) is 4.89. The number of benzene rings is 1. The van der Waals surface area contributed by atoms with E-state index in [9.17, 15) is 4.39 Å². The first kappa shape index (κ1) is 13.8. The Morgan fingerprint density at radius 3 is 2.68 bits per heavy atom. The molecule has 4 heteroatoms. The van der Waals surface area contributed by atoms with Gasteiger partial charge in [0.05, 0.1) is 0 Å². The third kappa shape index (κ3) is 2.88. The lowest BCUT2D eigenvalue weighted by atomic mass is 9.84. The Balaban J connectivity index is 2.32. The molecule has 1 aromatic rings. The molecule has 0 amide bonds. The molecular weight excluding hydrogens is 241 g/mol. The van der Waals surface area contributed by atoms with E-state index in [-0.39, 0.29) is 11.7 Å². The van der Waals surface area contributed by atoms with Gasteiger partial charge in [0, 0.05) is 24.3 Å². The third-order valence-corrected chi connectivity index (χ3v) is 4.19. The van der Waals surface area contributed by atoms with Crippen molar-refractivity contribution < 1.29 is 4.39 Å². The van der Waals surface area contributed by atoms with E-state index in [0.717, 1.165) is 12.1 Å². The van der Waals surface area contributed by atoms with Crippen LogP contribution in [0.2, 0.25) is 0 Å². The van der Waals surface area contributed by atoms with Crippen LogP contribution in [0, 0.1) is 17.1 Å². The van der Waals surface area contributed by atoms with Gasteiger partial charge in [0.1, 0.15) is 11.7 Å². The molecule has 2 rings (SSSR count). The molecule has 0 bridgehead atoms. The first-order valence-corrected chi connectivity index (χ1v) is 6.87. The second-order valence-corrected chi connectivity index (χ2v) is 5.52. The maximum atomic E-state index is 13.3. The van der Waals surface area contributed by atoms with E-state index in [4.69, 9.17) is 11.1 Å². The number of nitrogen functional groups attached to an aromatic ring is 1. The summed E-state index contributed by atoms with van der Waals surface area (Å²) in [7, 11) is 2.02. The molecule has 19 heavy (non-hydrogen) atoms. The van der Waals surface area contributed by atoms with Gasteiger partial charge >= 0.3 is 0 Å². The van der Waals surface area contributed by atoms with Gasteiger partial charge in [0.25, 0.3) is 0 Å². The van der Waals surface area contributed by atoms with E-state index >= 15 is 0 Å². The zero-order valence-electron chi connectivity index (χ0n) is 11.6. The monoisotopic (exact) mass is 263 g/mol. The molecule has 104 valence electrons. The van der Waals surface area contributed by atoms with E-state index in [1.807, 2.05) is 7.05 Å². The topological polar surface area (TPSA) is 53.1 Å². The van der Waals surface area contributed by atoms with Gasteiger partial charge in [-0.15, -0.1) is 0 Å². The Kier molecular flexibility index (Phi) is 4.08. The smallest absolute Gasteiger partial charge is 0.125 e. The fraction of sp³-hybridized carbons (Fsp3) is 0.533. The number of hydrogen-bond donors (Lipinski definition) is 2. The molecule has 0 aliphatic heterocycles. The molecule has 0 spiro atoms. The highest BCUT2D eigenvalue weighted by atomic mass is 19.1. The molecule has 1 aliphatic carbocycles. The van der Waals surface area contributed by atoms with Crippen LogP contribution in [0.1, 0.15) is 38.2 Å². The molecule has 0 heterocycles. The van der Waals surface area contributed by atoms with Crippen molar-refractivity contribution in [1.82, 2.24) is 0 Å². The molecule has 3 N–H and O–H groups in total. The van der Waals surface area contributed by atoms with Crippen molar-refractivity contribution in [1.29, 1.82) is 5.41 Å². The standard InChI is InChI=1S/C15H22FN3/c1-10-5-3-4-6-13(10)19(2)14-8-7-11(16)9-12(14)15(17)18/h7-10,13H,3-6H2,1-2H3,(H3,17,18). The molecule has 1 aliphatic rings. The summed E-state index contributed by atoms with van der Waals surface area (Å²) in [5, 5.41) is 7.61. The summed E-state index contributed by atoms with van der Waals surface area (Å²) < 4.78 is 13.3. The number of anilines is 1. The lowest BCUT2D eigenvalue weighted by molar-refractivity contribution is 0.321. The zero-order valence-corrected chi connectivity index (χ0v) is 11.6. The van der Waals surface area contributed by atoms with Gasteiger partial charge in [-0.3, -0.25) is 5.41 Å². The molecule has 2 unspecified atom stereocenters. The molecule has 1 saturated carbocycles. The summed E-state index contributed by atoms with van der Waals surface area (Å²) >= 11 is 0. The van der Waals surface area contributed by atoms with Crippen LogP contribution in [0.15, 0.2) is 18.2 Å². The van der Waals surface area contributed by atoms with Crippen LogP contribution < -0.4 is 10.6 Å². The predicted octanol–water partition coefficient (Wildman–Crippen LogP) is 3.12. The van der Waals surface area contributed by atoms with Crippen LogP contribution in [0.5, 0.6) is 0 Å². The van der Waals surface area contributed by atoms with E-state index in [0.29, 0.717) is 17.5 Å². The SMILES string of the molecule is CC1CCCCC1N(C)c1ccc(F)cc1C(=N)N. The van der Waals surface area contributed by atoms with Crippen molar-refractivity contribution in [2.75, 3.05) is 11.9 Å². The summed E-state index contributed by atoms with van der Waals surface area (Å²) in [6, 6.07) is 4.96. The Hall–Kier alpha value is -1.58. The van der Waals surface area contributed by atoms with Crippen LogP contribution in [0.25, 0.3) is 0 Å². The summed E-state index contributed by atoms with van der Waals surface area (Å²) in [6.45, 7) is 2.26. The number of nitrogens with zero attached hydrogens (tertiary/aromatic N) is 1. The largest absolute Gasteiger partial charge is 0.384 e. The van der Waals surface area contributed by atoms with E-state index < -0.39 is 0 Å². The molecular formula is C15H22FN3. The molecule has 1 fully saturated rings. The van der Waals surface area contributed by atoms with E-state index in [1.54, 1.807) is 6.07 Å². The van der Waals surface area contributed by atoms with Crippen molar-refractivity contribution in [3.05, 3.63) is 29.6 Å². The van der Waals surface area contributed by atoms with Gasteiger partial charge in [-0.1, -0.05) is 19.8 Å². The molecule has 3 nitrogen and oxygen atoms in total. The summed E-state index contributed by atoms with van der Waals surface area (Å²) in [4.78, 5) is 2.17. The maximum Gasteiger partial charge on any atom is 0.125 e. The normalized spacial score (nSPS) is 23.1. The van der Waals surface area contributed by atoms with Crippen molar-refractivity contribution in [2.45, 2.75) is 38.6 Å². The van der Waals surface area contributed by atoms with Crippen LogP contribution in [0.4, 0.5) is 10.1 Å². The highest BCUT2D eigenvalue weighted by Crippen LogP contribution is 2.32. The third-order valence-electron chi connectivity index (χ3n) is 4.19. The summed E-state index contributed by atoms with van der Waals surface area (Å²) in [5.74, 6) is 0.187. The van der Waals surface area contributed by atoms with Crippen LogP contribution in [-0.2, 0) is 0 Å². The van der Waals surface area contributed by atoms with Crippen LogP contribution >= 0.6 is 0 Å². The van der Waals surface area contributed by atoms with Gasteiger partial charge in [0.2, 0.25) is 0 Å². The van der Waals surface area contributed by atoms with Crippen molar-refractivity contribution in [2.24, 2.45) is 11.7 Å². The molecule has 0 radical (unpaired) electrons. The van der Waals surface area contributed by atoms with Gasteiger partial charge < -0.3 is 10.6 Å². The van der Waals surface area contributed by atoms with Gasteiger partial charge in [-0.05, 0) is 37.0 Å². The number of hydrogen-bond acceptors (Lipinski definition) is 2. The van der Waals surface area contributed by atoms with E-state index in [1.165, 1.54) is 31.4 Å². The lowest BCUT2D eigenvalue weighted by Crippen LogP contribution is -2.40. The number of nitrogens with two attached hydrogens (primary N) is 1. The Labute approximate surface area is 114 Å². The van der Waals surface area contributed by atoms with Crippen LogP contribution in [-0.4, -0.2) is 18.9 Å². The van der Waals surface area contributed by atoms with Crippen LogP contribution in [0.3, 0.4) is 0 Å². The average Bonchev–Trinajstić information content (AvgIpc) is 2.38. The summed E-state index contributed by atoms with van der Waals surface area (Å²) in [5.41, 5.74) is 6.92. The van der Waals surface area contributed by atoms with Gasteiger partial charge in [-0.25, -0.2) is 4.39 Å². The van der Waals surface area contributed by atoms with Crippen molar-refractivity contribution in [3.8, 4) is 0 Å². The quantitative estimate of drug-likeness (QED) is 0.650. The molecule has 0 saturated heterocycles. The van der Waals surface area contributed by atoms with E-state index in [2.05, 4.69) is 11.8 Å². The first-order chi connectivity index (χ1) is 9.00. The zero-order chi connectivity index (χ0) is 14.0. The fourth-order valence-electron chi connectivity index (χ4n) is 3.08. The maximum absolute atomic E-state index is 13.3. The van der Waals surface area contributed by atoms with Gasteiger partial charge in [0.15, 0.2) is 0 Å². The fourth-order valence-corrected chi connectivity index (χ4v) is 3.08. The predicted molar refractivity (Wildman–Crippen MR) is 77.2 cm³/mol. The molecule has 0 aromatic heterocycles. The molecule has 2 atom stereocenters. The number of nitrogens with one attached hydrogen (secondary N) is 1. The lowest BCUT2D eigenvalue weighted by Gasteiger charge is -2.38. The molecule has 1 aromatic carbocycles. The average molecular weight is 263 g/mol. The minimum absolute atomic E-state index is 0.0789. The van der Waals surface area contributed by atoms with Crippen molar-refractivity contribution >= 4 is 11.5 Å². The second kappa shape index (κ2) is 5.59.